The highest BCUT2D eigenvalue weighted by molar-refractivity contribution is 5.36. The summed E-state index contributed by atoms with van der Waals surface area (Å²) in [6.45, 7) is 1.59. The molecule has 0 fully saturated rings. The van der Waals surface area contributed by atoms with Crippen molar-refractivity contribution in [3.05, 3.63) is 53.7 Å². The van der Waals surface area contributed by atoms with Crippen LogP contribution in [0, 0.1) is 0 Å². The number of hydrogen-bond donors (Lipinski definition) is 2. The van der Waals surface area contributed by atoms with Crippen LogP contribution in [0.15, 0.2) is 42.6 Å². The van der Waals surface area contributed by atoms with Crippen LogP contribution in [-0.4, -0.2) is 15.2 Å². The highest BCUT2D eigenvalue weighted by Gasteiger charge is 2.06. The Kier molecular flexibility index (Phi) is 3.92. The van der Waals surface area contributed by atoms with Crippen LogP contribution in [0.25, 0.3) is 0 Å². The number of pyridine rings is 1. The van der Waals surface area contributed by atoms with Crippen molar-refractivity contribution in [3.63, 3.8) is 0 Å². The molecule has 0 aliphatic heterocycles. The number of benzene rings is 1. The van der Waals surface area contributed by atoms with Crippen LogP contribution in [0.5, 0.6) is 11.6 Å². The van der Waals surface area contributed by atoms with Gasteiger partial charge in [-0.05, 0) is 24.6 Å². The Morgan fingerprint density at radius 1 is 1.28 bits per heavy atom. The van der Waals surface area contributed by atoms with Crippen molar-refractivity contribution >= 4 is 0 Å². The maximum absolute atomic E-state index is 9.49. The SMILES string of the molecule is C[C@@H](O)c1ccnc(Oc2ccccc2CO)c1. The molecule has 0 radical (unpaired) electrons. The first-order valence-corrected chi connectivity index (χ1v) is 5.71. The summed E-state index contributed by atoms with van der Waals surface area (Å²) in [6, 6.07) is 10.6. The Hall–Kier alpha value is -1.91. The molecular formula is C14H15NO3. The second kappa shape index (κ2) is 5.62. The van der Waals surface area contributed by atoms with E-state index in [0.29, 0.717) is 17.2 Å². The number of rotatable bonds is 4. The van der Waals surface area contributed by atoms with Crippen molar-refractivity contribution in [1.82, 2.24) is 4.98 Å². The fourth-order valence-electron chi connectivity index (χ4n) is 1.59. The molecule has 1 aromatic carbocycles. The van der Waals surface area contributed by atoms with Gasteiger partial charge in [-0.25, -0.2) is 4.98 Å². The normalized spacial score (nSPS) is 12.2. The molecule has 0 saturated carbocycles. The maximum Gasteiger partial charge on any atom is 0.219 e. The van der Waals surface area contributed by atoms with Gasteiger partial charge in [0.15, 0.2) is 0 Å². The maximum atomic E-state index is 9.49. The van der Waals surface area contributed by atoms with Crippen molar-refractivity contribution in [3.8, 4) is 11.6 Å². The third-order valence-corrected chi connectivity index (χ3v) is 2.60. The lowest BCUT2D eigenvalue weighted by Gasteiger charge is -2.10. The first-order chi connectivity index (χ1) is 8.70. The van der Waals surface area contributed by atoms with Crippen LogP contribution in [0.2, 0.25) is 0 Å². The highest BCUT2D eigenvalue weighted by atomic mass is 16.5. The fraction of sp³-hybridized carbons (Fsp3) is 0.214. The Morgan fingerprint density at radius 2 is 2.06 bits per heavy atom. The molecule has 0 amide bonds. The third-order valence-electron chi connectivity index (χ3n) is 2.60. The Labute approximate surface area is 106 Å². The average molecular weight is 245 g/mol. The monoisotopic (exact) mass is 245 g/mol. The van der Waals surface area contributed by atoms with Gasteiger partial charge in [0.1, 0.15) is 5.75 Å². The second-order valence-electron chi connectivity index (χ2n) is 3.97. The summed E-state index contributed by atoms with van der Waals surface area (Å²) in [5.41, 5.74) is 1.43. The zero-order valence-electron chi connectivity index (χ0n) is 10.1. The third kappa shape index (κ3) is 2.85. The lowest BCUT2D eigenvalue weighted by atomic mass is 10.2. The van der Waals surface area contributed by atoms with E-state index in [0.717, 1.165) is 5.56 Å². The Bertz CT molecular complexity index is 526. The molecule has 4 nitrogen and oxygen atoms in total. The summed E-state index contributed by atoms with van der Waals surface area (Å²) in [5, 5.41) is 18.7. The van der Waals surface area contributed by atoms with Gasteiger partial charge < -0.3 is 14.9 Å². The molecule has 0 spiro atoms. The zero-order chi connectivity index (χ0) is 13.0. The van der Waals surface area contributed by atoms with Crippen LogP contribution < -0.4 is 4.74 Å². The quantitative estimate of drug-likeness (QED) is 0.868. The molecule has 1 aromatic heterocycles. The first-order valence-electron chi connectivity index (χ1n) is 5.71. The number of aliphatic hydroxyl groups is 2. The van der Waals surface area contributed by atoms with Crippen molar-refractivity contribution in [2.45, 2.75) is 19.6 Å². The fourth-order valence-corrected chi connectivity index (χ4v) is 1.59. The zero-order valence-corrected chi connectivity index (χ0v) is 10.1. The van der Waals surface area contributed by atoms with E-state index in [2.05, 4.69) is 4.98 Å². The van der Waals surface area contributed by atoms with Crippen LogP contribution in [-0.2, 0) is 6.61 Å². The predicted octanol–water partition coefficient (Wildman–Crippen LogP) is 2.42. The van der Waals surface area contributed by atoms with Crippen molar-refractivity contribution in [2.24, 2.45) is 0 Å². The van der Waals surface area contributed by atoms with E-state index in [1.165, 1.54) is 0 Å². The minimum Gasteiger partial charge on any atom is -0.439 e. The Morgan fingerprint density at radius 3 is 2.78 bits per heavy atom. The molecule has 1 atom stereocenters. The molecule has 4 heteroatoms. The summed E-state index contributed by atoms with van der Waals surface area (Å²) < 4.78 is 5.61. The number of para-hydroxylation sites is 1. The van der Waals surface area contributed by atoms with Crippen LogP contribution >= 0.6 is 0 Å². The van der Waals surface area contributed by atoms with Gasteiger partial charge in [0.2, 0.25) is 5.88 Å². The van der Waals surface area contributed by atoms with E-state index in [1.807, 2.05) is 12.1 Å². The van der Waals surface area contributed by atoms with Crippen LogP contribution in [0.3, 0.4) is 0 Å². The van der Waals surface area contributed by atoms with Gasteiger partial charge in [-0.2, -0.15) is 0 Å². The molecule has 1 heterocycles. The number of ether oxygens (including phenoxy) is 1. The van der Waals surface area contributed by atoms with E-state index in [1.54, 1.807) is 37.4 Å². The second-order valence-corrected chi connectivity index (χ2v) is 3.97. The molecule has 2 N–H and O–H groups in total. The van der Waals surface area contributed by atoms with Crippen LogP contribution in [0.4, 0.5) is 0 Å². The smallest absolute Gasteiger partial charge is 0.219 e. The highest BCUT2D eigenvalue weighted by Crippen LogP contribution is 2.25. The minimum absolute atomic E-state index is 0.0910. The summed E-state index contributed by atoms with van der Waals surface area (Å²) in [4.78, 5) is 4.08. The van der Waals surface area contributed by atoms with Gasteiger partial charge >= 0.3 is 0 Å². The molecule has 18 heavy (non-hydrogen) atoms. The summed E-state index contributed by atoms with van der Waals surface area (Å²) in [6.07, 6.45) is 1.02. The molecule has 2 rings (SSSR count). The standard InChI is InChI=1S/C14H15NO3/c1-10(17)11-6-7-15-14(8-11)18-13-5-3-2-4-12(13)9-16/h2-8,10,16-17H,9H2,1H3/t10-/m1/s1. The van der Waals surface area contributed by atoms with Gasteiger partial charge in [-0.1, -0.05) is 18.2 Å². The number of nitrogens with zero attached hydrogens (tertiary/aromatic N) is 1. The lowest BCUT2D eigenvalue weighted by molar-refractivity contribution is 0.198. The van der Waals surface area contributed by atoms with E-state index in [-0.39, 0.29) is 6.61 Å². The van der Waals surface area contributed by atoms with Gasteiger partial charge in [0.05, 0.1) is 12.7 Å². The van der Waals surface area contributed by atoms with Crippen LogP contribution in [0.1, 0.15) is 24.2 Å². The molecule has 0 unspecified atom stereocenters. The number of hydrogen-bond acceptors (Lipinski definition) is 4. The van der Waals surface area contributed by atoms with E-state index in [4.69, 9.17) is 4.74 Å². The summed E-state index contributed by atoms with van der Waals surface area (Å²) in [7, 11) is 0. The van der Waals surface area contributed by atoms with E-state index < -0.39 is 6.10 Å². The van der Waals surface area contributed by atoms with Crippen molar-refractivity contribution in [1.29, 1.82) is 0 Å². The molecule has 0 aliphatic carbocycles. The topological polar surface area (TPSA) is 62.6 Å². The largest absolute Gasteiger partial charge is 0.439 e. The van der Waals surface area contributed by atoms with Gasteiger partial charge in [0, 0.05) is 17.8 Å². The van der Waals surface area contributed by atoms with Crippen molar-refractivity contribution < 1.29 is 14.9 Å². The molecular weight excluding hydrogens is 230 g/mol. The van der Waals surface area contributed by atoms with Gasteiger partial charge in [-0.15, -0.1) is 0 Å². The molecule has 0 aliphatic rings. The summed E-state index contributed by atoms with van der Waals surface area (Å²) >= 11 is 0. The van der Waals surface area contributed by atoms with Gasteiger partial charge in [-0.3, -0.25) is 0 Å². The first kappa shape index (κ1) is 12.5. The average Bonchev–Trinajstić information content (AvgIpc) is 2.39. The summed E-state index contributed by atoms with van der Waals surface area (Å²) in [5.74, 6) is 0.963. The lowest BCUT2D eigenvalue weighted by Crippen LogP contribution is -1.96. The van der Waals surface area contributed by atoms with E-state index in [9.17, 15) is 10.2 Å². The molecule has 94 valence electrons. The predicted molar refractivity (Wildman–Crippen MR) is 67.3 cm³/mol. The molecule has 0 bridgehead atoms. The van der Waals surface area contributed by atoms with E-state index >= 15 is 0 Å². The van der Waals surface area contributed by atoms with Gasteiger partial charge in [0.25, 0.3) is 0 Å². The molecule has 2 aromatic rings. The van der Waals surface area contributed by atoms with Crippen molar-refractivity contribution in [2.75, 3.05) is 0 Å². The number of aromatic nitrogens is 1. The molecule has 0 saturated heterocycles. The Balaban J connectivity index is 2.25. The minimum atomic E-state index is -0.566. The number of aliphatic hydroxyl groups excluding tert-OH is 2.